The summed E-state index contributed by atoms with van der Waals surface area (Å²) in [6.07, 6.45) is 2.64. The van der Waals surface area contributed by atoms with Crippen molar-refractivity contribution in [2.75, 3.05) is 25.6 Å². The number of furan rings is 1. The zero-order chi connectivity index (χ0) is 16.7. The molecule has 0 amide bonds. The number of benzene rings is 1. The van der Waals surface area contributed by atoms with E-state index in [9.17, 15) is 0 Å². The van der Waals surface area contributed by atoms with Gasteiger partial charge in [0.15, 0.2) is 5.11 Å². The summed E-state index contributed by atoms with van der Waals surface area (Å²) in [5.41, 5.74) is 2.29. The second-order valence-electron chi connectivity index (χ2n) is 5.32. The molecule has 1 unspecified atom stereocenters. The fourth-order valence-corrected chi connectivity index (χ4v) is 2.84. The van der Waals surface area contributed by atoms with Crippen LogP contribution in [0.2, 0.25) is 0 Å². The van der Waals surface area contributed by atoms with Gasteiger partial charge in [0.25, 0.3) is 0 Å². The number of hydrogen-bond donors (Lipinski definition) is 1. The second kappa shape index (κ2) is 8.70. The number of rotatable bonds is 7. The second-order valence-corrected chi connectivity index (χ2v) is 5.71. The lowest BCUT2D eigenvalue weighted by Crippen LogP contribution is -2.39. The van der Waals surface area contributed by atoms with E-state index in [1.807, 2.05) is 24.3 Å². The molecule has 1 atom stereocenters. The molecule has 124 valence electrons. The van der Waals surface area contributed by atoms with Gasteiger partial charge in [-0.25, -0.2) is 0 Å². The summed E-state index contributed by atoms with van der Waals surface area (Å²) in [5, 5.41) is 4.05. The maximum absolute atomic E-state index is 5.65. The molecule has 0 aliphatic heterocycles. The Labute approximate surface area is 143 Å². The van der Waals surface area contributed by atoms with Crippen LogP contribution >= 0.6 is 12.2 Å². The lowest BCUT2D eigenvalue weighted by atomic mass is 10.1. The van der Waals surface area contributed by atoms with Crippen LogP contribution in [0, 0.1) is 0 Å². The summed E-state index contributed by atoms with van der Waals surface area (Å²) in [7, 11) is 1.69. The Morgan fingerprint density at radius 1 is 1.30 bits per heavy atom. The molecular formula is C18H24N2O2S. The lowest BCUT2D eigenvalue weighted by Gasteiger charge is -2.31. The van der Waals surface area contributed by atoms with Crippen LogP contribution in [0.5, 0.6) is 0 Å². The van der Waals surface area contributed by atoms with Crippen LogP contribution in [0.4, 0.5) is 5.69 Å². The number of hydrogen-bond acceptors (Lipinski definition) is 3. The third-order valence-corrected chi connectivity index (χ3v) is 4.20. The predicted molar refractivity (Wildman–Crippen MR) is 97.7 cm³/mol. The summed E-state index contributed by atoms with van der Waals surface area (Å²) >= 11 is 5.65. The van der Waals surface area contributed by atoms with E-state index in [0.29, 0.717) is 18.3 Å². The van der Waals surface area contributed by atoms with E-state index in [2.05, 4.69) is 36.2 Å². The zero-order valence-corrected chi connectivity index (χ0v) is 14.7. The molecule has 23 heavy (non-hydrogen) atoms. The Balaban J connectivity index is 2.16. The summed E-state index contributed by atoms with van der Waals surface area (Å²) in [6, 6.07) is 12.1. The zero-order valence-electron chi connectivity index (χ0n) is 13.9. The van der Waals surface area contributed by atoms with Crippen molar-refractivity contribution < 1.29 is 9.15 Å². The number of thiocarbonyl (C=S) groups is 1. The molecule has 4 nitrogen and oxygen atoms in total. The molecule has 0 radical (unpaired) electrons. The third-order valence-electron chi connectivity index (χ3n) is 3.86. The van der Waals surface area contributed by atoms with E-state index in [1.54, 1.807) is 13.4 Å². The van der Waals surface area contributed by atoms with Crippen molar-refractivity contribution in [3.63, 3.8) is 0 Å². The van der Waals surface area contributed by atoms with Gasteiger partial charge in [-0.3, -0.25) is 0 Å². The van der Waals surface area contributed by atoms with Gasteiger partial charge in [0.05, 0.1) is 18.9 Å². The van der Waals surface area contributed by atoms with Gasteiger partial charge in [-0.05, 0) is 49.3 Å². The SMILES string of the molecule is CCc1ccccc1NC(=S)N(CCOC)C(C)c1ccco1. The Hall–Kier alpha value is -1.85. The molecule has 2 aromatic rings. The van der Waals surface area contributed by atoms with Crippen LogP contribution in [0.25, 0.3) is 0 Å². The van der Waals surface area contributed by atoms with Crippen LogP contribution < -0.4 is 5.32 Å². The monoisotopic (exact) mass is 332 g/mol. The van der Waals surface area contributed by atoms with Crippen LogP contribution in [0.1, 0.15) is 31.2 Å². The number of aryl methyl sites for hydroxylation is 1. The Morgan fingerprint density at radius 2 is 2.09 bits per heavy atom. The average Bonchev–Trinajstić information content (AvgIpc) is 3.10. The van der Waals surface area contributed by atoms with E-state index in [0.717, 1.165) is 17.9 Å². The molecular weight excluding hydrogens is 308 g/mol. The summed E-state index contributed by atoms with van der Waals surface area (Å²) in [6.45, 7) is 5.51. The summed E-state index contributed by atoms with van der Waals surface area (Å²) in [5.74, 6) is 0.883. The van der Waals surface area contributed by atoms with E-state index in [1.165, 1.54) is 5.56 Å². The van der Waals surface area contributed by atoms with Crippen LogP contribution in [-0.2, 0) is 11.2 Å². The van der Waals surface area contributed by atoms with Gasteiger partial charge < -0.3 is 19.4 Å². The van der Waals surface area contributed by atoms with Gasteiger partial charge in [-0.15, -0.1) is 0 Å². The minimum atomic E-state index is 0.0361. The topological polar surface area (TPSA) is 37.6 Å². The minimum absolute atomic E-state index is 0.0361. The van der Waals surface area contributed by atoms with Gasteiger partial charge in [0.2, 0.25) is 0 Å². The number of ether oxygens (including phenoxy) is 1. The van der Waals surface area contributed by atoms with Gasteiger partial charge in [0, 0.05) is 19.3 Å². The molecule has 0 aliphatic carbocycles. The number of nitrogens with one attached hydrogen (secondary N) is 1. The highest BCUT2D eigenvalue weighted by atomic mass is 32.1. The fraction of sp³-hybridized carbons (Fsp3) is 0.389. The molecule has 1 N–H and O–H groups in total. The molecule has 0 aliphatic rings. The van der Waals surface area contributed by atoms with Gasteiger partial charge in [-0.2, -0.15) is 0 Å². The Bertz CT molecular complexity index is 613. The highest BCUT2D eigenvalue weighted by Gasteiger charge is 2.21. The Morgan fingerprint density at radius 3 is 2.74 bits per heavy atom. The van der Waals surface area contributed by atoms with Crippen molar-refractivity contribution in [2.45, 2.75) is 26.3 Å². The van der Waals surface area contributed by atoms with E-state index >= 15 is 0 Å². The van der Waals surface area contributed by atoms with Crippen molar-refractivity contribution in [3.8, 4) is 0 Å². The molecule has 0 saturated carbocycles. The van der Waals surface area contributed by atoms with Gasteiger partial charge >= 0.3 is 0 Å². The first-order chi connectivity index (χ1) is 11.2. The molecule has 1 aromatic carbocycles. The quantitative estimate of drug-likeness (QED) is 0.767. The normalized spacial score (nSPS) is 12.0. The highest BCUT2D eigenvalue weighted by molar-refractivity contribution is 7.80. The highest BCUT2D eigenvalue weighted by Crippen LogP contribution is 2.23. The van der Waals surface area contributed by atoms with Crippen molar-refractivity contribution in [2.24, 2.45) is 0 Å². The molecule has 0 saturated heterocycles. The minimum Gasteiger partial charge on any atom is -0.467 e. The number of anilines is 1. The van der Waals surface area contributed by atoms with Crippen molar-refractivity contribution in [3.05, 3.63) is 54.0 Å². The van der Waals surface area contributed by atoms with Crippen LogP contribution in [0.15, 0.2) is 47.1 Å². The van der Waals surface area contributed by atoms with Crippen LogP contribution in [-0.4, -0.2) is 30.3 Å². The number of para-hydroxylation sites is 1. The molecule has 0 spiro atoms. The molecule has 2 rings (SSSR count). The van der Waals surface area contributed by atoms with Crippen LogP contribution in [0.3, 0.4) is 0 Å². The smallest absolute Gasteiger partial charge is 0.174 e. The standard InChI is InChI=1S/C18H24N2O2S/c1-4-15-8-5-6-9-16(15)19-18(23)20(11-13-21-3)14(2)17-10-7-12-22-17/h5-10,12,14H,4,11,13H2,1-3H3,(H,19,23). The van der Waals surface area contributed by atoms with E-state index in [-0.39, 0.29) is 6.04 Å². The molecule has 0 bridgehead atoms. The first-order valence-corrected chi connectivity index (χ1v) is 8.26. The number of methoxy groups -OCH3 is 1. The summed E-state index contributed by atoms with van der Waals surface area (Å²) in [4.78, 5) is 2.09. The van der Waals surface area contributed by atoms with E-state index < -0.39 is 0 Å². The molecule has 1 aromatic heterocycles. The molecule has 1 heterocycles. The lowest BCUT2D eigenvalue weighted by molar-refractivity contribution is 0.160. The third kappa shape index (κ3) is 4.56. The first kappa shape index (κ1) is 17.5. The van der Waals surface area contributed by atoms with Gasteiger partial charge in [-0.1, -0.05) is 25.1 Å². The first-order valence-electron chi connectivity index (χ1n) is 7.85. The maximum Gasteiger partial charge on any atom is 0.174 e. The largest absolute Gasteiger partial charge is 0.467 e. The molecule has 5 heteroatoms. The van der Waals surface area contributed by atoms with Crippen molar-refractivity contribution in [1.29, 1.82) is 0 Å². The van der Waals surface area contributed by atoms with E-state index in [4.69, 9.17) is 21.4 Å². The Kier molecular flexibility index (Phi) is 6.62. The number of nitrogens with zero attached hydrogens (tertiary/aromatic N) is 1. The predicted octanol–water partition coefficient (Wildman–Crippen LogP) is 4.25. The maximum atomic E-state index is 5.65. The fourth-order valence-electron chi connectivity index (χ4n) is 2.48. The average molecular weight is 332 g/mol. The van der Waals surface area contributed by atoms with Gasteiger partial charge in [0.1, 0.15) is 5.76 Å². The summed E-state index contributed by atoms with van der Waals surface area (Å²) < 4.78 is 10.8. The van der Waals surface area contributed by atoms with Crippen molar-refractivity contribution in [1.82, 2.24) is 4.90 Å². The van der Waals surface area contributed by atoms with Crippen molar-refractivity contribution >= 4 is 23.0 Å². The molecule has 0 fully saturated rings.